The van der Waals surface area contributed by atoms with E-state index in [1.165, 1.54) is 11.1 Å². The summed E-state index contributed by atoms with van der Waals surface area (Å²) in [6.07, 6.45) is 0. The van der Waals surface area contributed by atoms with Crippen LogP contribution >= 0.6 is 31.9 Å². The summed E-state index contributed by atoms with van der Waals surface area (Å²) in [5, 5.41) is 3.40. The number of benzene rings is 2. The second-order valence-corrected chi connectivity index (χ2v) is 6.73. The molecule has 0 heterocycles. The quantitative estimate of drug-likeness (QED) is 0.749. The molecular formula is C17H19Br2NO. The first-order chi connectivity index (χ1) is 9.99. The normalized spacial score (nSPS) is 12.3. The molecule has 2 aromatic carbocycles. The minimum Gasteiger partial charge on any atom is -0.496 e. The molecule has 0 radical (unpaired) electrons. The van der Waals surface area contributed by atoms with Crippen LogP contribution in [0.1, 0.15) is 28.3 Å². The van der Waals surface area contributed by atoms with Crippen molar-refractivity contribution >= 4 is 31.9 Å². The number of rotatable bonds is 4. The molecule has 0 aliphatic rings. The van der Waals surface area contributed by atoms with Gasteiger partial charge in [0.2, 0.25) is 0 Å². The fourth-order valence-corrected chi connectivity index (χ4v) is 3.23. The molecular weight excluding hydrogens is 394 g/mol. The van der Waals surface area contributed by atoms with Crippen LogP contribution in [0.25, 0.3) is 0 Å². The van der Waals surface area contributed by atoms with Crippen molar-refractivity contribution in [2.24, 2.45) is 0 Å². The Morgan fingerprint density at radius 3 is 2.38 bits per heavy atom. The van der Waals surface area contributed by atoms with E-state index in [1.54, 1.807) is 7.11 Å². The van der Waals surface area contributed by atoms with Crippen LogP contribution in [0.3, 0.4) is 0 Å². The second kappa shape index (κ2) is 6.95. The van der Waals surface area contributed by atoms with Crippen LogP contribution in [0.2, 0.25) is 0 Å². The van der Waals surface area contributed by atoms with Gasteiger partial charge in [0.1, 0.15) is 5.75 Å². The van der Waals surface area contributed by atoms with Crippen molar-refractivity contribution in [2.45, 2.75) is 19.9 Å². The zero-order chi connectivity index (χ0) is 15.6. The van der Waals surface area contributed by atoms with Crippen molar-refractivity contribution in [3.8, 4) is 5.75 Å². The van der Waals surface area contributed by atoms with E-state index in [-0.39, 0.29) is 6.04 Å². The number of aryl methyl sites for hydroxylation is 1. The van der Waals surface area contributed by atoms with Gasteiger partial charge in [-0.3, -0.25) is 0 Å². The van der Waals surface area contributed by atoms with E-state index in [0.29, 0.717) is 0 Å². The minimum absolute atomic E-state index is 0.0781. The average molecular weight is 413 g/mol. The Kier molecular flexibility index (Phi) is 5.47. The molecule has 0 aliphatic heterocycles. The maximum Gasteiger partial charge on any atom is 0.124 e. The van der Waals surface area contributed by atoms with Gasteiger partial charge in [-0.1, -0.05) is 44.0 Å². The maximum absolute atomic E-state index is 5.58. The van der Waals surface area contributed by atoms with E-state index >= 15 is 0 Å². The van der Waals surface area contributed by atoms with Crippen LogP contribution in [0.5, 0.6) is 5.75 Å². The molecule has 0 aliphatic carbocycles. The lowest BCUT2D eigenvalue weighted by molar-refractivity contribution is 0.405. The number of halogens is 2. The largest absolute Gasteiger partial charge is 0.496 e. The van der Waals surface area contributed by atoms with Crippen molar-refractivity contribution in [1.29, 1.82) is 0 Å². The number of hydrogen-bond donors (Lipinski definition) is 1. The standard InChI is InChI=1S/C17H19Br2NO/c1-10-8-16(21-4)13(9-15(10)19)17(20-3)12-6-5-7-14(18)11(12)2/h5-9,17,20H,1-4H3. The fraction of sp³-hybridized carbons (Fsp3) is 0.294. The SMILES string of the molecule is CNC(c1cc(Br)c(C)cc1OC)c1cccc(Br)c1C. The lowest BCUT2D eigenvalue weighted by atomic mass is 9.94. The Morgan fingerprint density at radius 1 is 1.05 bits per heavy atom. The summed E-state index contributed by atoms with van der Waals surface area (Å²) >= 11 is 7.23. The summed E-state index contributed by atoms with van der Waals surface area (Å²) in [5.74, 6) is 0.898. The molecule has 1 N–H and O–H groups in total. The highest BCUT2D eigenvalue weighted by atomic mass is 79.9. The molecule has 0 bridgehead atoms. The van der Waals surface area contributed by atoms with Crippen molar-refractivity contribution in [2.75, 3.05) is 14.2 Å². The third-order valence-corrected chi connectivity index (χ3v) is 5.44. The monoisotopic (exact) mass is 411 g/mol. The summed E-state index contributed by atoms with van der Waals surface area (Å²) in [5.41, 5.74) is 4.76. The number of hydrogen-bond acceptors (Lipinski definition) is 2. The first-order valence-corrected chi connectivity index (χ1v) is 8.34. The molecule has 2 aromatic rings. The predicted molar refractivity (Wildman–Crippen MR) is 95.2 cm³/mol. The van der Waals surface area contributed by atoms with Gasteiger partial charge < -0.3 is 10.1 Å². The summed E-state index contributed by atoms with van der Waals surface area (Å²) in [6, 6.07) is 10.6. The van der Waals surface area contributed by atoms with Crippen molar-refractivity contribution in [3.63, 3.8) is 0 Å². The first kappa shape index (κ1) is 16.5. The Balaban J connectivity index is 2.61. The molecule has 1 unspecified atom stereocenters. The van der Waals surface area contributed by atoms with Crippen LogP contribution in [0, 0.1) is 13.8 Å². The second-order valence-electron chi connectivity index (χ2n) is 5.02. The van der Waals surface area contributed by atoms with E-state index < -0.39 is 0 Å². The zero-order valence-corrected chi connectivity index (χ0v) is 15.8. The van der Waals surface area contributed by atoms with Crippen molar-refractivity contribution < 1.29 is 4.74 Å². The van der Waals surface area contributed by atoms with Crippen LogP contribution in [-0.2, 0) is 0 Å². The van der Waals surface area contributed by atoms with Crippen molar-refractivity contribution in [3.05, 3.63) is 61.5 Å². The molecule has 21 heavy (non-hydrogen) atoms. The van der Waals surface area contributed by atoms with E-state index in [1.807, 2.05) is 7.05 Å². The van der Waals surface area contributed by atoms with Gasteiger partial charge in [-0.25, -0.2) is 0 Å². The zero-order valence-electron chi connectivity index (χ0n) is 12.6. The smallest absolute Gasteiger partial charge is 0.124 e. The van der Waals surface area contributed by atoms with Gasteiger partial charge in [-0.15, -0.1) is 0 Å². The van der Waals surface area contributed by atoms with E-state index in [9.17, 15) is 0 Å². The van der Waals surface area contributed by atoms with Gasteiger partial charge >= 0.3 is 0 Å². The highest BCUT2D eigenvalue weighted by Crippen LogP contribution is 2.36. The highest BCUT2D eigenvalue weighted by Gasteiger charge is 2.20. The van der Waals surface area contributed by atoms with Crippen LogP contribution < -0.4 is 10.1 Å². The number of nitrogens with one attached hydrogen (secondary N) is 1. The lowest BCUT2D eigenvalue weighted by Gasteiger charge is -2.23. The molecule has 1 atom stereocenters. The molecule has 0 saturated carbocycles. The third kappa shape index (κ3) is 3.33. The third-order valence-electron chi connectivity index (χ3n) is 3.73. The molecule has 2 rings (SSSR count). The Labute approximate surface area is 143 Å². The van der Waals surface area contributed by atoms with Crippen molar-refractivity contribution in [1.82, 2.24) is 5.32 Å². The minimum atomic E-state index is 0.0781. The first-order valence-electron chi connectivity index (χ1n) is 6.76. The highest BCUT2D eigenvalue weighted by molar-refractivity contribution is 9.10. The molecule has 112 valence electrons. The Morgan fingerprint density at radius 2 is 1.76 bits per heavy atom. The Hall–Kier alpha value is -0.840. The lowest BCUT2D eigenvalue weighted by Crippen LogP contribution is -2.19. The van der Waals surface area contributed by atoms with E-state index in [2.05, 4.69) is 81.4 Å². The van der Waals surface area contributed by atoms with Crippen LogP contribution in [0.4, 0.5) is 0 Å². The molecule has 0 aromatic heterocycles. The van der Waals surface area contributed by atoms with Gasteiger partial charge in [-0.05, 0) is 55.8 Å². The summed E-state index contributed by atoms with van der Waals surface area (Å²) in [6.45, 7) is 4.19. The molecule has 0 fully saturated rings. The van der Waals surface area contributed by atoms with Crippen LogP contribution in [0.15, 0.2) is 39.3 Å². The summed E-state index contributed by atoms with van der Waals surface area (Å²) in [7, 11) is 3.69. The van der Waals surface area contributed by atoms with Gasteiger partial charge in [0.15, 0.2) is 0 Å². The number of ether oxygens (including phenoxy) is 1. The van der Waals surface area contributed by atoms with Gasteiger partial charge in [0.25, 0.3) is 0 Å². The van der Waals surface area contributed by atoms with E-state index in [0.717, 1.165) is 25.8 Å². The van der Waals surface area contributed by atoms with Gasteiger partial charge in [0.05, 0.1) is 13.2 Å². The van der Waals surface area contributed by atoms with Crippen LogP contribution in [-0.4, -0.2) is 14.2 Å². The van der Waals surface area contributed by atoms with E-state index in [4.69, 9.17) is 4.74 Å². The molecule has 0 amide bonds. The fourth-order valence-electron chi connectivity index (χ4n) is 2.49. The molecule has 0 saturated heterocycles. The Bertz CT molecular complexity index is 655. The summed E-state index contributed by atoms with van der Waals surface area (Å²) in [4.78, 5) is 0. The molecule has 0 spiro atoms. The maximum atomic E-state index is 5.58. The average Bonchev–Trinajstić information content (AvgIpc) is 2.47. The number of methoxy groups -OCH3 is 1. The van der Waals surface area contributed by atoms with Gasteiger partial charge in [0, 0.05) is 14.5 Å². The predicted octanol–water partition coefficient (Wildman–Crippen LogP) is 5.15. The molecule has 4 heteroatoms. The topological polar surface area (TPSA) is 21.3 Å². The molecule has 2 nitrogen and oxygen atoms in total. The van der Waals surface area contributed by atoms with Gasteiger partial charge in [-0.2, -0.15) is 0 Å². The summed E-state index contributed by atoms with van der Waals surface area (Å²) < 4.78 is 7.79.